The average molecular weight is 538 g/mol. The van der Waals surface area contributed by atoms with Crippen LogP contribution in [0.5, 0.6) is 5.75 Å². The molecule has 0 atom stereocenters. The highest BCUT2D eigenvalue weighted by molar-refractivity contribution is 6.08. The number of fused-ring (bicyclic) bond motifs is 2. The lowest BCUT2D eigenvalue weighted by molar-refractivity contribution is 0.102. The Kier molecular flexibility index (Phi) is 7.21. The summed E-state index contributed by atoms with van der Waals surface area (Å²) in [5, 5.41) is 8.94. The van der Waals surface area contributed by atoms with Crippen LogP contribution in [-0.4, -0.2) is 61.7 Å². The third-order valence-corrected chi connectivity index (χ3v) is 7.73. The second-order valence-corrected chi connectivity index (χ2v) is 10.7. The lowest BCUT2D eigenvalue weighted by Gasteiger charge is -2.28. The Hall–Kier alpha value is -4.24. The highest BCUT2D eigenvalue weighted by atomic mass is 16.5. The van der Waals surface area contributed by atoms with Crippen molar-refractivity contribution in [3.63, 3.8) is 0 Å². The minimum absolute atomic E-state index is 0.227. The third-order valence-electron chi connectivity index (χ3n) is 7.73. The first-order chi connectivity index (χ1) is 19.5. The molecule has 6 rings (SSSR count). The minimum Gasteiger partial charge on any atom is -0.493 e. The Morgan fingerprint density at radius 2 is 1.95 bits per heavy atom. The van der Waals surface area contributed by atoms with Gasteiger partial charge in [-0.25, -0.2) is 4.98 Å². The van der Waals surface area contributed by atoms with Crippen LogP contribution in [0.1, 0.15) is 47.3 Å². The number of nitrogens with one attached hydrogen (secondary N) is 1. The van der Waals surface area contributed by atoms with Crippen molar-refractivity contribution in [1.29, 1.82) is 0 Å². The number of pyridine rings is 2. The van der Waals surface area contributed by atoms with Crippen molar-refractivity contribution in [2.24, 2.45) is 5.92 Å². The molecule has 0 radical (unpaired) electrons. The molecule has 1 fully saturated rings. The van der Waals surface area contributed by atoms with Crippen LogP contribution in [0, 0.1) is 12.8 Å². The Morgan fingerprint density at radius 3 is 2.75 bits per heavy atom. The number of amides is 1. The molecular weight excluding hydrogens is 502 g/mol. The molecule has 9 nitrogen and oxygen atoms in total. The molecule has 206 valence electrons. The normalized spacial score (nSPS) is 14.7. The molecule has 0 saturated carbocycles. The summed E-state index contributed by atoms with van der Waals surface area (Å²) in [6, 6.07) is 15.7. The molecule has 0 aliphatic carbocycles. The van der Waals surface area contributed by atoms with E-state index in [1.165, 1.54) is 0 Å². The van der Waals surface area contributed by atoms with Gasteiger partial charge in [0.25, 0.3) is 5.91 Å². The molecule has 1 aliphatic rings. The summed E-state index contributed by atoms with van der Waals surface area (Å²) < 4.78 is 9.86. The maximum Gasteiger partial charge on any atom is 0.274 e. The first-order valence-corrected chi connectivity index (χ1v) is 14.0. The Morgan fingerprint density at radius 1 is 1.12 bits per heavy atom. The van der Waals surface area contributed by atoms with Gasteiger partial charge in [-0.05, 0) is 82.6 Å². The molecule has 1 amide bonds. The predicted octanol–water partition coefficient (Wildman–Crippen LogP) is 4.97. The van der Waals surface area contributed by atoms with E-state index in [1.807, 2.05) is 66.3 Å². The molecule has 1 aromatic carbocycles. The fraction of sp³-hybridized carbons (Fsp3) is 0.355. The van der Waals surface area contributed by atoms with Gasteiger partial charge in [0.1, 0.15) is 17.1 Å². The van der Waals surface area contributed by atoms with Crippen LogP contribution in [0.2, 0.25) is 0 Å². The fourth-order valence-electron chi connectivity index (χ4n) is 5.47. The molecule has 9 heteroatoms. The first kappa shape index (κ1) is 26.0. The molecule has 40 heavy (non-hydrogen) atoms. The van der Waals surface area contributed by atoms with E-state index in [-0.39, 0.29) is 5.91 Å². The van der Waals surface area contributed by atoms with Crippen LogP contribution in [-0.2, 0) is 13.0 Å². The van der Waals surface area contributed by atoms with Crippen LogP contribution >= 0.6 is 0 Å². The monoisotopic (exact) mass is 537 g/mol. The number of anilines is 1. The second kappa shape index (κ2) is 11.1. The first-order valence-electron chi connectivity index (χ1n) is 14.0. The second-order valence-electron chi connectivity index (χ2n) is 10.7. The van der Waals surface area contributed by atoms with E-state index in [0.29, 0.717) is 30.4 Å². The van der Waals surface area contributed by atoms with Crippen LogP contribution < -0.4 is 10.1 Å². The van der Waals surface area contributed by atoms with Crippen molar-refractivity contribution in [1.82, 2.24) is 29.0 Å². The number of hydrogen-bond donors (Lipinski definition) is 1. The molecule has 4 aromatic heterocycles. The number of aryl methyl sites for hydroxylation is 2. The maximum absolute atomic E-state index is 13.5. The molecule has 5 heterocycles. The summed E-state index contributed by atoms with van der Waals surface area (Å²) in [6.07, 6.45) is 6.51. The van der Waals surface area contributed by atoms with Gasteiger partial charge in [0.05, 0.1) is 41.9 Å². The van der Waals surface area contributed by atoms with Crippen molar-refractivity contribution < 1.29 is 9.53 Å². The standard InChI is InChI=1S/C31H35N7O2/c1-4-25-30-26(9-6-10-27(30)38(35-25)19-23-8-5-7-21(2)33-23)34-31(39)28-18-32-29-17-24(13-16-37(28)29)40-20-22-11-14-36(3)15-12-22/h5-10,13,16-18,22H,4,11-12,14-15,19-20H2,1-3H3,(H,34,39). The number of benzene rings is 1. The number of imidazole rings is 1. The number of piperidine rings is 1. The van der Waals surface area contributed by atoms with E-state index in [0.717, 1.165) is 71.8 Å². The number of aromatic nitrogens is 5. The van der Waals surface area contributed by atoms with Gasteiger partial charge >= 0.3 is 0 Å². The van der Waals surface area contributed by atoms with E-state index in [9.17, 15) is 4.79 Å². The Balaban J connectivity index is 1.21. The van der Waals surface area contributed by atoms with Crippen molar-refractivity contribution in [3.05, 3.63) is 83.7 Å². The molecule has 1 aliphatic heterocycles. The van der Waals surface area contributed by atoms with Crippen LogP contribution in [0.3, 0.4) is 0 Å². The number of hydrogen-bond acceptors (Lipinski definition) is 6. The maximum atomic E-state index is 13.5. The van der Waals surface area contributed by atoms with Gasteiger partial charge < -0.3 is 15.0 Å². The zero-order valence-corrected chi connectivity index (χ0v) is 23.3. The number of nitrogens with zero attached hydrogens (tertiary/aromatic N) is 6. The molecule has 1 saturated heterocycles. The average Bonchev–Trinajstić information content (AvgIpc) is 3.54. The van der Waals surface area contributed by atoms with E-state index in [4.69, 9.17) is 9.84 Å². The topological polar surface area (TPSA) is 89.6 Å². The lowest BCUT2D eigenvalue weighted by Crippen LogP contribution is -2.32. The fourth-order valence-corrected chi connectivity index (χ4v) is 5.47. The Labute approximate surface area is 233 Å². The van der Waals surface area contributed by atoms with Crippen LogP contribution in [0.15, 0.2) is 60.9 Å². The zero-order valence-electron chi connectivity index (χ0n) is 23.3. The van der Waals surface area contributed by atoms with Gasteiger partial charge in [0, 0.05) is 23.3 Å². The summed E-state index contributed by atoms with van der Waals surface area (Å²) >= 11 is 0. The number of carbonyl (C=O) groups excluding carboxylic acids is 1. The summed E-state index contributed by atoms with van der Waals surface area (Å²) in [4.78, 5) is 25.0. The van der Waals surface area contributed by atoms with Gasteiger partial charge in [-0.3, -0.25) is 18.9 Å². The van der Waals surface area contributed by atoms with Gasteiger partial charge in [-0.1, -0.05) is 19.1 Å². The zero-order chi connectivity index (χ0) is 27.6. The molecule has 0 spiro atoms. The molecule has 5 aromatic rings. The minimum atomic E-state index is -0.227. The quantitative estimate of drug-likeness (QED) is 0.301. The predicted molar refractivity (Wildman–Crippen MR) is 156 cm³/mol. The molecular formula is C31H35N7O2. The van der Waals surface area contributed by atoms with Crippen molar-refractivity contribution >= 4 is 28.1 Å². The van der Waals surface area contributed by atoms with Crippen LogP contribution in [0.25, 0.3) is 16.6 Å². The highest BCUT2D eigenvalue weighted by Gasteiger charge is 2.20. The summed E-state index contributed by atoms with van der Waals surface area (Å²) in [6.45, 7) is 7.56. The van der Waals surface area contributed by atoms with Crippen molar-refractivity contribution in [2.45, 2.75) is 39.7 Å². The largest absolute Gasteiger partial charge is 0.493 e. The number of rotatable bonds is 8. The van der Waals surface area contributed by atoms with Crippen LogP contribution in [0.4, 0.5) is 5.69 Å². The smallest absolute Gasteiger partial charge is 0.274 e. The number of ether oxygens (including phenoxy) is 1. The summed E-state index contributed by atoms with van der Waals surface area (Å²) in [5.74, 6) is 1.12. The Bertz CT molecular complexity index is 1660. The molecule has 0 bridgehead atoms. The number of carbonyl (C=O) groups is 1. The van der Waals surface area contributed by atoms with Gasteiger partial charge in [-0.15, -0.1) is 0 Å². The van der Waals surface area contributed by atoms with Gasteiger partial charge in [0.2, 0.25) is 0 Å². The van der Waals surface area contributed by atoms with E-state index >= 15 is 0 Å². The van der Waals surface area contributed by atoms with Crippen molar-refractivity contribution in [2.75, 3.05) is 32.1 Å². The SMILES string of the molecule is CCc1nn(Cc2cccc(C)n2)c2cccc(NC(=O)c3cnc4cc(OCC5CCN(C)CC5)ccn34)c12. The van der Waals surface area contributed by atoms with Gasteiger partial charge in [-0.2, -0.15) is 5.10 Å². The summed E-state index contributed by atoms with van der Waals surface area (Å²) in [5.41, 5.74) is 5.69. The number of likely N-dealkylation sites (tertiary alicyclic amines) is 1. The summed E-state index contributed by atoms with van der Waals surface area (Å²) in [7, 11) is 2.16. The van der Waals surface area contributed by atoms with Crippen molar-refractivity contribution in [3.8, 4) is 5.75 Å². The third kappa shape index (κ3) is 5.29. The molecule has 0 unspecified atom stereocenters. The van der Waals surface area contributed by atoms with E-state index < -0.39 is 0 Å². The van der Waals surface area contributed by atoms with E-state index in [2.05, 4.69) is 34.2 Å². The highest BCUT2D eigenvalue weighted by Crippen LogP contribution is 2.29. The lowest BCUT2D eigenvalue weighted by atomic mass is 9.98. The van der Waals surface area contributed by atoms with Gasteiger partial charge in [0.15, 0.2) is 0 Å². The van der Waals surface area contributed by atoms with E-state index in [1.54, 1.807) is 10.6 Å². The molecule has 1 N–H and O–H groups in total.